The van der Waals surface area contributed by atoms with Gasteiger partial charge in [0.05, 0.1) is 5.60 Å². The molecule has 1 aromatic carbocycles. The van der Waals surface area contributed by atoms with Crippen molar-refractivity contribution in [1.82, 2.24) is 0 Å². The van der Waals surface area contributed by atoms with Crippen LogP contribution in [0.4, 0.5) is 0 Å². The Labute approximate surface area is 77.3 Å². The maximum atomic E-state index is 9.61. The normalized spacial score (nSPS) is 11.7. The summed E-state index contributed by atoms with van der Waals surface area (Å²) in [6.07, 6.45) is 0. The summed E-state index contributed by atoms with van der Waals surface area (Å²) in [6, 6.07) is 2.91. The van der Waals surface area contributed by atoms with Crippen molar-refractivity contribution in [3.8, 4) is 11.5 Å². The minimum Gasteiger partial charge on any atom is -0.508 e. The minimum absolute atomic E-state index is 0.00266. The molecule has 0 saturated carbocycles. The van der Waals surface area contributed by atoms with E-state index in [1.807, 2.05) is 0 Å². The highest BCUT2D eigenvalue weighted by Gasteiger charge is 2.18. The van der Waals surface area contributed by atoms with E-state index in [0.717, 1.165) is 0 Å². The number of rotatable bonds is 1. The van der Waals surface area contributed by atoms with Crippen LogP contribution in [0.25, 0.3) is 0 Å². The van der Waals surface area contributed by atoms with Crippen molar-refractivity contribution in [3.63, 3.8) is 0 Å². The van der Waals surface area contributed by atoms with Crippen LogP contribution in [-0.4, -0.2) is 15.3 Å². The van der Waals surface area contributed by atoms with Crippen LogP contribution in [0.3, 0.4) is 0 Å². The molecule has 0 fully saturated rings. The van der Waals surface area contributed by atoms with E-state index >= 15 is 0 Å². The Balaban J connectivity index is 3.29. The molecule has 0 saturated heterocycles. The zero-order valence-corrected chi connectivity index (χ0v) is 8.00. The smallest absolute Gasteiger partial charge is 0.122 e. The second kappa shape index (κ2) is 2.92. The highest BCUT2D eigenvalue weighted by molar-refractivity contribution is 5.46. The average molecular weight is 182 g/mol. The predicted octanol–water partition coefficient (Wildman–Crippen LogP) is 1.63. The first-order valence-corrected chi connectivity index (χ1v) is 4.08. The Morgan fingerprint density at radius 3 is 1.77 bits per heavy atom. The number of aliphatic hydroxyl groups is 1. The van der Waals surface area contributed by atoms with Gasteiger partial charge in [0.25, 0.3) is 0 Å². The summed E-state index contributed by atoms with van der Waals surface area (Å²) in [7, 11) is 0. The Hall–Kier alpha value is -1.22. The Kier molecular flexibility index (Phi) is 2.22. The third kappa shape index (κ3) is 1.92. The van der Waals surface area contributed by atoms with Gasteiger partial charge >= 0.3 is 0 Å². The van der Waals surface area contributed by atoms with Crippen molar-refractivity contribution in [3.05, 3.63) is 23.3 Å². The van der Waals surface area contributed by atoms with Crippen molar-refractivity contribution in [2.24, 2.45) is 0 Å². The van der Waals surface area contributed by atoms with Crippen molar-refractivity contribution in [2.45, 2.75) is 26.4 Å². The van der Waals surface area contributed by atoms with Gasteiger partial charge in [0.1, 0.15) is 11.5 Å². The lowest BCUT2D eigenvalue weighted by atomic mass is 9.96. The number of hydrogen-bond donors (Lipinski definition) is 3. The molecule has 3 heteroatoms. The molecule has 0 heterocycles. The van der Waals surface area contributed by atoms with E-state index in [2.05, 4.69) is 0 Å². The quantitative estimate of drug-likeness (QED) is 0.618. The Morgan fingerprint density at radius 2 is 1.46 bits per heavy atom. The SMILES string of the molecule is Cc1c(O)cc(C(C)(C)O)cc1O. The molecule has 0 bridgehead atoms. The van der Waals surface area contributed by atoms with Gasteiger partial charge in [-0.1, -0.05) is 0 Å². The standard InChI is InChI=1S/C10H14O3/c1-6-8(11)4-7(5-9(6)12)10(2,3)13/h4-5,11-13H,1-3H3. The van der Waals surface area contributed by atoms with Gasteiger partial charge in [-0.3, -0.25) is 0 Å². The minimum atomic E-state index is -1.05. The molecular weight excluding hydrogens is 168 g/mol. The second-order valence-electron chi connectivity index (χ2n) is 3.70. The summed E-state index contributed by atoms with van der Waals surface area (Å²) >= 11 is 0. The summed E-state index contributed by atoms with van der Waals surface area (Å²) in [5, 5.41) is 28.4. The first-order chi connectivity index (χ1) is 5.82. The zero-order valence-electron chi connectivity index (χ0n) is 8.00. The summed E-state index contributed by atoms with van der Waals surface area (Å²) in [5.41, 5.74) is -0.135. The van der Waals surface area contributed by atoms with Crippen LogP contribution >= 0.6 is 0 Å². The molecule has 0 atom stereocenters. The molecule has 1 aromatic rings. The second-order valence-corrected chi connectivity index (χ2v) is 3.70. The summed E-state index contributed by atoms with van der Waals surface area (Å²) in [6.45, 7) is 4.80. The molecule has 13 heavy (non-hydrogen) atoms. The molecule has 0 spiro atoms. The molecule has 0 amide bonds. The first kappa shape index (κ1) is 9.86. The molecule has 72 valence electrons. The number of phenols is 2. The van der Waals surface area contributed by atoms with Crippen LogP contribution in [0.2, 0.25) is 0 Å². The molecule has 1 rings (SSSR count). The van der Waals surface area contributed by atoms with Gasteiger partial charge in [-0.2, -0.15) is 0 Å². The highest BCUT2D eigenvalue weighted by atomic mass is 16.3. The lowest BCUT2D eigenvalue weighted by Crippen LogP contribution is -2.15. The Bertz CT molecular complexity index is 300. The van der Waals surface area contributed by atoms with Crippen molar-refractivity contribution in [2.75, 3.05) is 0 Å². The largest absolute Gasteiger partial charge is 0.508 e. The molecule has 3 nitrogen and oxygen atoms in total. The van der Waals surface area contributed by atoms with Gasteiger partial charge in [-0.05, 0) is 38.5 Å². The van der Waals surface area contributed by atoms with E-state index < -0.39 is 5.60 Å². The molecule has 0 aromatic heterocycles. The third-order valence-electron chi connectivity index (χ3n) is 2.06. The number of phenolic OH excluding ortho intramolecular Hbond substituents is 2. The van der Waals surface area contributed by atoms with E-state index in [1.54, 1.807) is 20.8 Å². The topological polar surface area (TPSA) is 60.7 Å². The van der Waals surface area contributed by atoms with E-state index in [-0.39, 0.29) is 11.5 Å². The summed E-state index contributed by atoms with van der Waals surface area (Å²) in [4.78, 5) is 0. The van der Waals surface area contributed by atoms with Crippen LogP contribution in [-0.2, 0) is 5.60 Å². The predicted molar refractivity (Wildman–Crippen MR) is 49.8 cm³/mol. The van der Waals surface area contributed by atoms with E-state index in [9.17, 15) is 15.3 Å². The average Bonchev–Trinajstić information content (AvgIpc) is 1.97. The number of benzene rings is 1. The summed E-state index contributed by atoms with van der Waals surface area (Å²) in [5.74, 6) is -0.00532. The van der Waals surface area contributed by atoms with Crippen molar-refractivity contribution >= 4 is 0 Å². The fraction of sp³-hybridized carbons (Fsp3) is 0.400. The van der Waals surface area contributed by atoms with E-state index in [4.69, 9.17) is 0 Å². The van der Waals surface area contributed by atoms with Gasteiger partial charge in [-0.25, -0.2) is 0 Å². The maximum Gasteiger partial charge on any atom is 0.122 e. The van der Waals surface area contributed by atoms with Crippen LogP contribution in [0.15, 0.2) is 12.1 Å². The fourth-order valence-electron chi connectivity index (χ4n) is 1.04. The van der Waals surface area contributed by atoms with Gasteiger partial charge < -0.3 is 15.3 Å². The fourth-order valence-corrected chi connectivity index (χ4v) is 1.04. The molecule has 0 aliphatic carbocycles. The van der Waals surface area contributed by atoms with Crippen molar-refractivity contribution in [1.29, 1.82) is 0 Å². The van der Waals surface area contributed by atoms with Crippen LogP contribution < -0.4 is 0 Å². The van der Waals surface area contributed by atoms with Gasteiger partial charge in [0.15, 0.2) is 0 Å². The molecule has 0 unspecified atom stereocenters. The number of aromatic hydroxyl groups is 2. The molecular formula is C10H14O3. The van der Waals surface area contributed by atoms with Crippen molar-refractivity contribution < 1.29 is 15.3 Å². The maximum absolute atomic E-state index is 9.61. The lowest BCUT2D eigenvalue weighted by Gasteiger charge is -2.18. The van der Waals surface area contributed by atoms with E-state index in [0.29, 0.717) is 11.1 Å². The highest BCUT2D eigenvalue weighted by Crippen LogP contribution is 2.32. The van der Waals surface area contributed by atoms with Crippen LogP contribution in [0.1, 0.15) is 25.0 Å². The molecule has 0 aliphatic rings. The summed E-state index contributed by atoms with van der Waals surface area (Å²) < 4.78 is 0. The lowest BCUT2D eigenvalue weighted by molar-refractivity contribution is 0.0780. The molecule has 0 aliphatic heterocycles. The Morgan fingerprint density at radius 1 is 1.08 bits per heavy atom. The molecule has 0 radical (unpaired) electrons. The van der Waals surface area contributed by atoms with E-state index in [1.165, 1.54) is 12.1 Å². The van der Waals surface area contributed by atoms with Gasteiger partial charge in [-0.15, -0.1) is 0 Å². The zero-order chi connectivity index (χ0) is 10.2. The van der Waals surface area contributed by atoms with Crippen LogP contribution in [0.5, 0.6) is 11.5 Å². The third-order valence-corrected chi connectivity index (χ3v) is 2.06. The number of hydrogen-bond acceptors (Lipinski definition) is 3. The molecule has 3 N–H and O–H groups in total. The van der Waals surface area contributed by atoms with Gasteiger partial charge in [0.2, 0.25) is 0 Å². The van der Waals surface area contributed by atoms with Crippen LogP contribution in [0, 0.1) is 6.92 Å². The monoisotopic (exact) mass is 182 g/mol. The van der Waals surface area contributed by atoms with Gasteiger partial charge in [0, 0.05) is 5.56 Å². The first-order valence-electron chi connectivity index (χ1n) is 4.08.